The quantitative estimate of drug-likeness (QED) is 0.411. The summed E-state index contributed by atoms with van der Waals surface area (Å²) in [5.41, 5.74) is 1.33. The maximum atomic E-state index is 12.8. The minimum absolute atomic E-state index is 0.0361. The van der Waals surface area contributed by atoms with Crippen LogP contribution in [-0.4, -0.2) is 45.3 Å². The average molecular weight is 457 g/mol. The SMILES string of the molecule is COC(=O)c1c(NC(=O)c2ccoc2)c2cc(N[C@@H](C)CC(C)(C)O)cnc2n1CC(C)C. The van der Waals surface area contributed by atoms with Crippen molar-refractivity contribution in [2.45, 2.75) is 59.2 Å². The maximum absolute atomic E-state index is 12.8. The number of pyridine rings is 1. The first kappa shape index (κ1) is 24.3. The summed E-state index contributed by atoms with van der Waals surface area (Å²) in [7, 11) is 1.31. The Morgan fingerprint density at radius 2 is 2.03 bits per heavy atom. The van der Waals surface area contributed by atoms with Crippen molar-refractivity contribution in [3.05, 3.63) is 42.1 Å². The molecule has 178 valence electrons. The lowest BCUT2D eigenvalue weighted by Gasteiger charge is -2.23. The number of hydrogen-bond acceptors (Lipinski definition) is 7. The van der Waals surface area contributed by atoms with E-state index in [4.69, 9.17) is 9.15 Å². The summed E-state index contributed by atoms with van der Waals surface area (Å²) < 4.78 is 11.8. The summed E-state index contributed by atoms with van der Waals surface area (Å²) in [6.45, 7) is 10.1. The van der Waals surface area contributed by atoms with Crippen LogP contribution < -0.4 is 10.6 Å². The number of esters is 1. The lowest BCUT2D eigenvalue weighted by atomic mass is 10.0. The highest BCUT2D eigenvalue weighted by Crippen LogP contribution is 2.34. The first-order chi connectivity index (χ1) is 15.5. The highest BCUT2D eigenvalue weighted by Gasteiger charge is 2.27. The predicted octanol–water partition coefficient (Wildman–Crippen LogP) is 4.29. The number of methoxy groups -OCH3 is 1. The van der Waals surface area contributed by atoms with E-state index < -0.39 is 17.5 Å². The van der Waals surface area contributed by atoms with Gasteiger partial charge in [-0.3, -0.25) is 4.79 Å². The van der Waals surface area contributed by atoms with Crippen LogP contribution >= 0.6 is 0 Å². The van der Waals surface area contributed by atoms with E-state index in [-0.39, 0.29) is 17.7 Å². The van der Waals surface area contributed by atoms with Crippen LogP contribution in [0.25, 0.3) is 11.0 Å². The van der Waals surface area contributed by atoms with Gasteiger partial charge in [0.15, 0.2) is 5.69 Å². The maximum Gasteiger partial charge on any atom is 0.356 e. The van der Waals surface area contributed by atoms with Gasteiger partial charge in [0.25, 0.3) is 5.91 Å². The summed E-state index contributed by atoms with van der Waals surface area (Å²) in [5.74, 6) is -0.764. The van der Waals surface area contributed by atoms with Crippen molar-refractivity contribution in [3.8, 4) is 0 Å². The Kier molecular flexibility index (Phi) is 7.12. The molecule has 9 heteroatoms. The van der Waals surface area contributed by atoms with Gasteiger partial charge in [-0.05, 0) is 45.2 Å². The van der Waals surface area contributed by atoms with Gasteiger partial charge in [-0.15, -0.1) is 0 Å². The number of ether oxygens (including phenoxy) is 1. The Morgan fingerprint density at radius 3 is 2.61 bits per heavy atom. The number of amides is 1. The lowest BCUT2D eigenvalue weighted by Crippen LogP contribution is -2.29. The van der Waals surface area contributed by atoms with Crippen molar-refractivity contribution in [1.82, 2.24) is 9.55 Å². The molecule has 3 N–H and O–H groups in total. The predicted molar refractivity (Wildman–Crippen MR) is 127 cm³/mol. The molecule has 0 saturated carbocycles. The molecule has 0 aliphatic heterocycles. The van der Waals surface area contributed by atoms with Crippen molar-refractivity contribution in [2.75, 3.05) is 17.7 Å². The molecule has 3 heterocycles. The van der Waals surface area contributed by atoms with Crippen molar-refractivity contribution < 1.29 is 23.8 Å². The lowest BCUT2D eigenvalue weighted by molar-refractivity contribution is 0.0588. The topological polar surface area (TPSA) is 119 Å². The van der Waals surface area contributed by atoms with Crippen molar-refractivity contribution in [1.29, 1.82) is 0 Å². The number of fused-ring (bicyclic) bond motifs is 1. The van der Waals surface area contributed by atoms with Crippen molar-refractivity contribution >= 4 is 34.3 Å². The molecule has 33 heavy (non-hydrogen) atoms. The largest absolute Gasteiger partial charge is 0.472 e. The summed E-state index contributed by atoms with van der Waals surface area (Å²) in [6.07, 6.45) is 4.95. The third kappa shape index (κ3) is 5.73. The van der Waals surface area contributed by atoms with Crippen LogP contribution in [0.5, 0.6) is 0 Å². The van der Waals surface area contributed by atoms with Crippen molar-refractivity contribution in [3.63, 3.8) is 0 Å². The van der Waals surface area contributed by atoms with Gasteiger partial charge in [-0.25, -0.2) is 9.78 Å². The van der Waals surface area contributed by atoms with Gasteiger partial charge >= 0.3 is 5.97 Å². The molecule has 3 rings (SSSR count). The normalized spacial score (nSPS) is 12.7. The molecule has 0 aliphatic rings. The highest BCUT2D eigenvalue weighted by molar-refractivity contribution is 6.14. The van der Waals surface area contributed by atoms with Gasteiger partial charge in [0.05, 0.1) is 42.1 Å². The zero-order valence-electron chi connectivity index (χ0n) is 19.9. The van der Waals surface area contributed by atoms with Crippen LogP contribution in [0.1, 0.15) is 61.9 Å². The third-order valence-electron chi connectivity index (χ3n) is 5.07. The Morgan fingerprint density at radius 1 is 1.30 bits per heavy atom. The number of anilines is 2. The van der Waals surface area contributed by atoms with Crippen LogP contribution in [0.4, 0.5) is 11.4 Å². The monoisotopic (exact) mass is 456 g/mol. The number of furan rings is 1. The second kappa shape index (κ2) is 9.66. The van der Waals surface area contributed by atoms with E-state index in [0.29, 0.717) is 40.9 Å². The van der Waals surface area contributed by atoms with Gasteiger partial charge in [0.1, 0.15) is 11.9 Å². The van der Waals surface area contributed by atoms with Gasteiger partial charge in [0.2, 0.25) is 0 Å². The summed E-state index contributed by atoms with van der Waals surface area (Å²) in [4.78, 5) is 30.3. The van der Waals surface area contributed by atoms with E-state index in [2.05, 4.69) is 15.6 Å². The van der Waals surface area contributed by atoms with E-state index in [9.17, 15) is 14.7 Å². The van der Waals surface area contributed by atoms with Gasteiger partial charge in [-0.2, -0.15) is 0 Å². The molecule has 0 radical (unpaired) electrons. The Bertz CT molecular complexity index is 1130. The standard InChI is InChI=1S/C24H32N4O5/c1-14(2)12-28-20(23(30)32-6)19(27-22(29)16-7-8-33-13-16)18-9-17(11-25-21(18)28)26-15(3)10-24(4,5)31/h7-9,11,13-15,26,31H,10,12H2,1-6H3,(H,27,29)/t15-/m0/s1. The number of nitrogens with zero attached hydrogens (tertiary/aromatic N) is 2. The average Bonchev–Trinajstić information content (AvgIpc) is 3.33. The molecule has 0 saturated heterocycles. The molecule has 1 atom stereocenters. The first-order valence-corrected chi connectivity index (χ1v) is 10.9. The molecule has 0 bridgehead atoms. The Hall–Kier alpha value is -3.33. The molecule has 0 spiro atoms. The van der Waals surface area contributed by atoms with Crippen LogP contribution in [0.3, 0.4) is 0 Å². The fraction of sp³-hybridized carbons (Fsp3) is 0.458. The van der Waals surface area contributed by atoms with E-state index in [1.165, 1.54) is 19.6 Å². The van der Waals surface area contributed by atoms with Crippen LogP contribution in [-0.2, 0) is 11.3 Å². The van der Waals surface area contributed by atoms with Gasteiger partial charge < -0.3 is 29.5 Å². The second-order valence-electron chi connectivity index (χ2n) is 9.34. The molecular formula is C24H32N4O5. The molecule has 3 aromatic heterocycles. The molecule has 0 fully saturated rings. The number of nitrogens with one attached hydrogen (secondary N) is 2. The number of aliphatic hydroxyl groups is 1. The fourth-order valence-corrected chi connectivity index (χ4v) is 3.95. The molecule has 3 aromatic rings. The van der Waals surface area contributed by atoms with Crippen molar-refractivity contribution in [2.24, 2.45) is 5.92 Å². The molecular weight excluding hydrogens is 424 g/mol. The number of carbonyl (C=O) groups excluding carboxylic acids is 2. The number of rotatable bonds is 9. The third-order valence-corrected chi connectivity index (χ3v) is 5.07. The molecule has 1 amide bonds. The second-order valence-corrected chi connectivity index (χ2v) is 9.34. The van der Waals surface area contributed by atoms with Gasteiger partial charge in [-0.1, -0.05) is 13.8 Å². The number of aromatic nitrogens is 2. The Labute approximate surface area is 193 Å². The first-order valence-electron chi connectivity index (χ1n) is 10.9. The Balaban J connectivity index is 2.12. The minimum Gasteiger partial charge on any atom is -0.472 e. The number of carbonyl (C=O) groups is 2. The van der Waals surface area contributed by atoms with E-state index in [1.807, 2.05) is 26.8 Å². The zero-order valence-corrected chi connectivity index (χ0v) is 19.9. The summed E-state index contributed by atoms with van der Waals surface area (Å²) in [6, 6.07) is 3.35. The van der Waals surface area contributed by atoms with Crippen LogP contribution in [0, 0.1) is 5.92 Å². The fourth-order valence-electron chi connectivity index (χ4n) is 3.95. The van der Waals surface area contributed by atoms with Gasteiger partial charge in [0, 0.05) is 18.0 Å². The van der Waals surface area contributed by atoms with Crippen LogP contribution in [0.2, 0.25) is 0 Å². The summed E-state index contributed by atoms with van der Waals surface area (Å²) >= 11 is 0. The molecule has 9 nitrogen and oxygen atoms in total. The minimum atomic E-state index is -0.827. The van der Waals surface area contributed by atoms with Crippen LogP contribution in [0.15, 0.2) is 35.3 Å². The molecule has 0 aliphatic carbocycles. The summed E-state index contributed by atoms with van der Waals surface area (Å²) in [5, 5.41) is 16.9. The highest BCUT2D eigenvalue weighted by atomic mass is 16.5. The van der Waals surface area contributed by atoms with E-state index >= 15 is 0 Å². The smallest absolute Gasteiger partial charge is 0.356 e. The van der Waals surface area contributed by atoms with E-state index in [0.717, 1.165) is 0 Å². The molecule has 0 aromatic carbocycles. The molecule has 0 unspecified atom stereocenters. The van der Waals surface area contributed by atoms with E-state index in [1.54, 1.807) is 30.7 Å². The zero-order chi connectivity index (χ0) is 24.3. The number of hydrogen-bond donors (Lipinski definition) is 3.